The first kappa shape index (κ1) is 17.3. The Morgan fingerprint density at radius 3 is 2.57 bits per heavy atom. The Labute approximate surface area is 159 Å². The van der Waals surface area contributed by atoms with Crippen molar-refractivity contribution in [1.82, 2.24) is 24.5 Å². The number of imidazole rings is 1. The van der Waals surface area contributed by atoms with E-state index < -0.39 is 4.92 Å². The van der Waals surface area contributed by atoms with Gasteiger partial charge in [0, 0.05) is 49.0 Å². The Bertz CT molecular complexity index is 1120. The molecule has 0 unspecified atom stereocenters. The topological polar surface area (TPSA) is 112 Å². The Hall–Kier alpha value is -4.14. The molecule has 0 spiro atoms. The van der Waals surface area contributed by atoms with Crippen molar-refractivity contribution in [1.29, 1.82) is 0 Å². The van der Waals surface area contributed by atoms with Gasteiger partial charge >= 0.3 is 0 Å². The molecule has 0 amide bonds. The van der Waals surface area contributed by atoms with E-state index in [1.807, 2.05) is 23.7 Å². The van der Waals surface area contributed by atoms with Crippen molar-refractivity contribution in [3.63, 3.8) is 0 Å². The summed E-state index contributed by atoms with van der Waals surface area (Å²) in [7, 11) is 1.91. The van der Waals surface area contributed by atoms with Crippen molar-refractivity contribution in [2.24, 2.45) is 7.05 Å². The second kappa shape index (κ2) is 7.23. The van der Waals surface area contributed by atoms with Crippen LogP contribution >= 0.6 is 0 Å². The van der Waals surface area contributed by atoms with Gasteiger partial charge in [0.05, 0.1) is 22.5 Å². The summed E-state index contributed by atoms with van der Waals surface area (Å²) in [6.45, 7) is 0. The minimum atomic E-state index is -0.441. The van der Waals surface area contributed by atoms with E-state index in [0.29, 0.717) is 17.3 Å². The fourth-order valence-electron chi connectivity index (χ4n) is 2.77. The maximum Gasteiger partial charge on any atom is 0.269 e. The van der Waals surface area contributed by atoms with Gasteiger partial charge in [-0.2, -0.15) is 0 Å². The molecule has 0 aliphatic carbocycles. The molecule has 9 nitrogen and oxygen atoms in total. The van der Waals surface area contributed by atoms with Gasteiger partial charge in [0.2, 0.25) is 5.95 Å². The number of pyridine rings is 1. The average molecular weight is 373 g/mol. The lowest BCUT2D eigenvalue weighted by atomic mass is 10.2. The molecule has 28 heavy (non-hydrogen) atoms. The quantitative estimate of drug-likeness (QED) is 0.420. The van der Waals surface area contributed by atoms with Crippen LogP contribution in [0.5, 0.6) is 0 Å². The van der Waals surface area contributed by atoms with E-state index in [1.165, 1.54) is 12.1 Å². The van der Waals surface area contributed by atoms with Crippen molar-refractivity contribution < 1.29 is 4.92 Å². The summed E-state index contributed by atoms with van der Waals surface area (Å²) in [5, 5.41) is 13.8. The van der Waals surface area contributed by atoms with E-state index in [9.17, 15) is 10.1 Å². The van der Waals surface area contributed by atoms with Crippen LogP contribution in [-0.4, -0.2) is 29.4 Å². The van der Waals surface area contributed by atoms with Crippen LogP contribution in [0, 0.1) is 10.1 Å². The lowest BCUT2D eigenvalue weighted by molar-refractivity contribution is -0.384. The number of benzene rings is 1. The number of anilines is 2. The highest BCUT2D eigenvalue weighted by atomic mass is 16.6. The fraction of sp³-hybridized carbons (Fsp3) is 0.0526. The highest BCUT2D eigenvalue weighted by molar-refractivity contribution is 5.64. The molecule has 4 rings (SSSR count). The minimum Gasteiger partial charge on any atom is -0.326 e. The highest BCUT2D eigenvalue weighted by Crippen LogP contribution is 2.25. The normalized spacial score (nSPS) is 10.6. The van der Waals surface area contributed by atoms with Crippen LogP contribution in [0.25, 0.3) is 22.8 Å². The zero-order valence-corrected chi connectivity index (χ0v) is 14.9. The molecule has 3 heterocycles. The lowest BCUT2D eigenvalue weighted by Gasteiger charge is -2.08. The zero-order chi connectivity index (χ0) is 19.5. The summed E-state index contributed by atoms with van der Waals surface area (Å²) < 4.78 is 1.94. The highest BCUT2D eigenvalue weighted by Gasteiger charge is 2.12. The molecule has 1 aromatic carbocycles. The largest absolute Gasteiger partial charge is 0.326 e. The first-order valence-corrected chi connectivity index (χ1v) is 8.39. The monoisotopic (exact) mass is 373 g/mol. The Kier molecular flexibility index (Phi) is 4.47. The molecule has 0 saturated heterocycles. The third kappa shape index (κ3) is 3.40. The molecule has 0 aliphatic heterocycles. The molecule has 4 aromatic rings. The maximum atomic E-state index is 10.8. The third-order valence-corrected chi connectivity index (χ3v) is 4.16. The molecule has 3 aromatic heterocycles. The van der Waals surface area contributed by atoms with Crippen LogP contribution in [0.1, 0.15) is 0 Å². The second-order valence-electron chi connectivity index (χ2n) is 5.96. The van der Waals surface area contributed by atoms with Crippen LogP contribution in [0.4, 0.5) is 17.3 Å². The number of nitrogens with one attached hydrogen (secondary N) is 1. The Morgan fingerprint density at radius 2 is 1.86 bits per heavy atom. The smallest absolute Gasteiger partial charge is 0.269 e. The van der Waals surface area contributed by atoms with Crippen molar-refractivity contribution in [2.75, 3.05) is 5.32 Å². The SMILES string of the molecule is Cn1c(-c2ccnc(Nc3ccc([N+](=O)[O-])cc3)n2)cnc1-c1cccnc1. The number of non-ortho nitro benzene ring substituents is 1. The van der Waals surface area contributed by atoms with E-state index in [1.54, 1.807) is 43.0 Å². The van der Waals surface area contributed by atoms with Crippen LogP contribution < -0.4 is 5.32 Å². The van der Waals surface area contributed by atoms with Crippen LogP contribution in [-0.2, 0) is 7.05 Å². The van der Waals surface area contributed by atoms with E-state index in [2.05, 4.69) is 25.3 Å². The van der Waals surface area contributed by atoms with E-state index in [-0.39, 0.29) is 5.69 Å². The second-order valence-corrected chi connectivity index (χ2v) is 5.96. The molecular weight excluding hydrogens is 358 g/mol. The molecule has 0 atom stereocenters. The van der Waals surface area contributed by atoms with Crippen LogP contribution in [0.3, 0.4) is 0 Å². The number of hydrogen-bond donors (Lipinski definition) is 1. The first-order chi connectivity index (χ1) is 13.6. The predicted octanol–water partition coefficient (Wildman–Crippen LogP) is 3.59. The molecular formula is C19H15N7O2. The number of nitro benzene ring substituents is 1. The molecule has 9 heteroatoms. The van der Waals surface area contributed by atoms with Crippen LogP contribution in [0.15, 0.2) is 67.3 Å². The van der Waals surface area contributed by atoms with Crippen molar-refractivity contribution in [3.8, 4) is 22.8 Å². The van der Waals surface area contributed by atoms with Crippen LogP contribution in [0.2, 0.25) is 0 Å². The molecule has 0 aliphatic rings. The van der Waals surface area contributed by atoms with Crippen molar-refractivity contribution in [3.05, 3.63) is 77.4 Å². The standard InChI is InChI=1S/C19H15N7O2/c1-25-17(12-22-18(25)13-3-2-9-20-11-13)16-8-10-21-19(24-16)23-14-4-6-15(7-5-14)26(27)28/h2-12H,1H3,(H,21,23,24). The molecule has 0 bridgehead atoms. The van der Waals surface area contributed by atoms with Gasteiger partial charge in [-0.3, -0.25) is 15.1 Å². The average Bonchev–Trinajstić information content (AvgIpc) is 3.11. The number of rotatable bonds is 5. The van der Waals surface area contributed by atoms with Crippen molar-refractivity contribution >= 4 is 17.3 Å². The minimum absolute atomic E-state index is 0.0260. The Morgan fingerprint density at radius 1 is 1.04 bits per heavy atom. The van der Waals surface area contributed by atoms with Gasteiger partial charge < -0.3 is 9.88 Å². The van der Waals surface area contributed by atoms with E-state index >= 15 is 0 Å². The van der Waals surface area contributed by atoms with Gasteiger partial charge in [0.25, 0.3) is 5.69 Å². The first-order valence-electron chi connectivity index (χ1n) is 8.39. The molecule has 0 saturated carbocycles. The predicted molar refractivity (Wildman–Crippen MR) is 104 cm³/mol. The van der Waals surface area contributed by atoms with Gasteiger partial charge in [-0.1, -0.05) is 0 Å². The van der Waals surface area contributed by atoms with Gasteiger partial charge in [-0.05, 0) is 30.3 Å². The van der Waals surface area contributed by atoms with Gasteiger partial charge in [-0.25, -0.2) is 15.0 Å². The summed E-state index contributed by atoms with van der Waals surface area (Å²) in [4.78, 5) is 27.7. The summed E-state index contributed by atoms with van der Waals surface area (Å²) in [6.07, 6.45) is 6.87. The number of hydrogen-bond acceptors (Lipinski definition) is 7. The maximum absolute atomic E-state index is 10.8. The molecule has 138 valence electrons. The van der Waals surface area contributed by atoms with Gasteiger partial charge in [0.1, 0.15) is 5.82 Å². The zero-order valence-electron chi connectivity index (χ0n) is 14.9. The summed E-state index contributed by atoms with van der Waals surface area (Å²) in [5.74, 6) is 1.17. The summed E-state index contributed by atoms with van der Waals surface area (Å²) >= 11 is 0. The molecule has 0 radical (unpaired) electrons. The van der Waals surface area contributed by atoms with Crippen molar-refractivity contribution in [2.45, 2.75) is 0 Å². The van der Waals surface area contributed by atoms with Gasteiger partial charge in [0.15, 0.2) is 0 Å². The lowest BCUT2D eigenvalue weighted by Crippen LogP contribution is -2.01. The molecule has 1 N–H and O–H groups in total. The number of nitrogens with zero attached hydrogens (tertiary/aromatic N) is 6. The number of nitro groups is 1. The number of aromatic nitrogens is 5. The van der Waals surface area contributed by atoms with E-state index in [0.717, 1.165) is 17.1 Å². The van der Waals surface area contributed by atoms with E-state index in [4.69, 9.17) is 0 Å². The summed E-state index contributed by atoms with van der Waals surface area (Å²) in [5.41, 5.74) is 3.12. The Balaban J connectivity index is 1.61. The fourth-order valence-corrected chi connectivity index (χ4v) is 2.77. The van der Waals surface area contributed by atoms with Gasteiger partial charge in [-0.15, -0.1) is 0 Å². The molecule has 0 fully saturated rings. The summed E-state index contributed by atoms with van der Waals surface area (Å²) in [6, 6.07) is 11.7. The third-order valence-electron chi connectivity index (χ3n) is 4.16.